The van der Waals surface area contributed by atoms with Gasteiger partial charge in [-0.15, -0.1) is 0 Å². The molecule has 0 spiro atoms. The van der Waals surface area contributed by atoms with E-state index in [1.807, 2.05) is 13.1 Å². The average Bonchev–Trinajstić information content (AvgIpc) is 2.94. The first-order chi connectivity index (χ1) is 11.8. The molecule has 1 aromatic carbocycles. The second-order valence-electron chi connectivity index (χ2n) is 5.51. The highest BCUT2D eigenvalue weighted by atomic mass is 32.2. The van der Waals surface area contributed by atoms with Crippen molar-refractivity contribution in [3.05, 3.63) is 30.0 Å². The SMILES string of the molecule is COc1cc(S(C)(=O)=O)ccc1Nc1nc(OC)c2c(C)c[nH]c2n1. The van der Waals surface area contributed by atoms with Crippen LogP contribution in [0.4, 0.5) is 11.6 Å². The number of H-pyrrole nitrogens is 1. The van der Waals surface area contributed by atoms with Crippen molar-refractivity contribution in [3.63, 3.8) is 0 Å². The van der Waals surface area contributed by atoms with Gasteiger partial charge >= 0.3 is 0 Å². The lowest BCUT2D eigenvalue weighted by atomic mass is 10.2. The van der Waals surface area contributed by atoms with Crippen LogP contribution < -0.4 is 14.8 Å². The smallest absolute Gasteiger partial charge is 0.232 e. The predicted octanol–water partition coefficient (Wildman–Crippen LogP) is 2.43. The van der Waals surface area contributed by atoms with E-state index in [4.69, 9.17) is 9.47 Å². The van der Waals surface area contributed by atoms with Gasteiger partial charge in [0.1, 0.15) is 11.4 Å². The standard InChI is InChI=1S/C16H18N4O4S/c1-9-8-17-14-13(9)15(24-3)20-16(19-14)18-11-6-5-10(25(4,21)22)7-12(11)23-2/h5-8H,1-4H3,(H2,17,18,19,20). The predicted molar refractivity (Wildman–Crippen MR) is 94.6 cm³/mol. The molecule has 0 atom stereocenters. The zero-order chi connectivity index (χ0) is 18.2. The van der Waals surface area contributed by atoms with Crippen molar-refractivity contribution in [1.29, 1.82) is 0 Å². The van der Waals surface area contributed by atoms with Gasteiger partial charge in [-0.1, -0.05) is 0 Å². The third-order valence-corrected chi connectivity index (χ3v) is 4.85. The van der Waals surface area contributed by atoms with Crippen molar-refractivity contribution in [2.45, 2.75) is 11.8 Å². The highest BCUT2D eigenvalue weighted by Gasteiger charge is 2.15. The van der Waals surface area contributed by atoms with Crippen LogP contribution in [0.25, 0.3) is 11.0 Å². The van der Waals surface area contributed by atoms with Crippen molar-refractivity contribution in [2.75, 3.05) is 25.8 Å². The van der Waals surface area contributed by atoms with Crippen LogP contribution in [0.15, 0.2) is 29.3 Å². The zero-order valence-corrected chi connectivity index (χ0v) is 15.1. The molecule has 0 aliphatic rings. The molecule has 0 radical (unpaired) electrons. The summed E-state index contributed by atoms with van der Waals surface area (Å²) in [4.78, 5) is 12.0. The molecule has 0 fully saturated rings. The number of aromatic amines is 1. The maximum Gasteiger partial charge on any atom is 0.232 e. The summed E-state index contributed by atoms with van der Waals surface area (Å²) in [6, 6.07) is 4.55. The molecule has 2 heterocycles. The number of aromatic nitrogens is 3. The number of nitrogens with one attached hydrogen (secondary N) is 2. The van der Waals surface area contributed by atoms with Crippen molar-refractivity contribution < 1.29 is 17.9 Å². The molecule has 0 amide bonds. The number of methoxy groups -OCH3 is 2. The van der Waals surface area contributed by atoms with Crippen molar-refractivity contribution >= 4 is 32.5 Å². The lowest BCUT2D eigenvalue weighted by Gasteiger charge is -2.12. The first kappa shape index (κ1) is 17.0. The largest absolute Gasteiger partial charge is 0.495 e. The van der Waals surface area contributed by atoms with E-state index in [2.05, 4.69) is 20.3 Å². The Kier molecular flexibility index (Phi) is 4.25. The van der Waals surface area contributed by atoms with E-state index in [1.54, 1.807) is 13.2 Å². The van der Waals surface area contributed by atoms with Gasteiger partial charge in [-0.2, -0.15) is 9.97 Å². The summed E-state index contributed by atoms with van der Waals surface area (Å²) in [6.45, 7) is 1.94. The fourth-order valence-corrected chi connectivity index (χ4v) is 3.11. The summed E-state index contributed by atoms with van der Waals surface area (Å²) >= 11 is 0. The summed E-state index contributed by atoms with van der Waals surface area (Å²) < 4.78 is 34.0. The minimum Gasteiger partial charge on any atom is -0.495 e. The first-order valence-electron chi connectivity index (χ1n) is 7.38. The van der Waals surface area contributed by atoms with Gasteiger partial charge in [-0.25, -0.2) is 8.42 Å². The van der Waals surface area contributed by atoms with Gasteiger partial charge in [0.2, 0.25) is 11.8 Å². The molecule has 3 aromatic rings. The van der Waals surface area contributed by atoms with Crippen LogP contribution in [0.3, 0.4) is 0 Å². The van der Waals surface area contributed by atoms with Crippen molar-refractivity contribution in [2.24, 2.45) is 0 Å². The minimum absolute atomic E-state index is 0.170. The zero-order valence-electron chi connectivity index (χ0n) is 14.2. The number of ether oxygens (including phenoxy) is 2. The maximum absolute atomic E-state index is 11.7. The van der Waals surface area contributed by atoms with Gasteiger partial charge in [-0.3, -0.25) is 0 Å². The Balaban J connectivity index is 2.04. The third-order valence-electron chi connectivity index (χ3n) is 3.74. The van der Waals surface area contributed by atoms with Crippen LogP contribution in [-0.2, 0) is 9.84 Å². The van der Waals surface area contributed by atoms with E-state index in [-0.39, 0.29) is 4.90 Å². The molecule has 0 saturated heterocycles. The lowest BCUT2D eigenvalue weighted by Crippen LogP contribution is -2.03. The van der Waals surface area contributed by atoms with Crippen LogP contribution in [0.2, 0.25) is 0 Å². The second-order valence-corrected chi connectivity index (χ2v) is 7.53. The summed E-state index contributed by atoms with van der Waals surface area (Å²) in [7, 11) is -0.321. The summed E-state index contributed by atoms with van der Waals surface area (Å²) in [5, 5.41) is 3.85. The van der Waals surface area contributed by atoms with E-state index in [0.29, 0.717) is 28.9 Å². The molecule has 9 heteroatoms. The van der Waals surface area contributed by atoms with E-state index in [0.717, 1.165) is 17.2 Å². The number of fused-ring (bicyclic) bond motifs is 1. The summed E-state index contributed by atoms with van der Waals surface area (Å²) in [5.41, 5.74) is 2.16. The maximum atomic E-state index is 11.7. The topological polar surface area (TPSA) is 106 Å². The Morgan fingerprint density at radius 2 is 1.92 bits per heavy atom. The molecule has 0 aliphatic carbocycles. The van der Waals surface area contributed by atoms with Crippen LogP contribution >= 0.6 is 0 Å². The van der Waals surface area contributed by atoms with E-state index in [1.165, 1.54) is 19.2 Å². The molecule has 3 rings (SSSR count). The quantitative estimate of drug-likeness (QED) is 0.718. The van der Waals surface area contributed by atoms with Crippen LogP contribution in [0.5, 0.6) is 11.6 Å². The molecule has 0 aliphatic heterocycles. The van der Waals surface area contributed by atoms with Crippen molar-refractivity contribution in [1.82, 2.24) is 15.0 Å². The van der Waals surface area contributed by atoms with Crippen LogP contribution in [0.1, 0.15) is 5.56 Å². The molecule has 2 N–H and O–H groups in total. The van der Waals surface area contributed by atoms with Gasteiger partial charge in [-0.05, 0) is 24.6 Å². The first-order valence-corrected chi connectivity index (χ1v) is 9.27. The Morgan fingerprint density at radius 3 is 2.56 bits per heavy atom. The monoisotopic (exact) mass is 362 g/mol. The number of anilines is 2. The number of sulfone groups is 1. The molecular formula is C16H18N4O4S. The summed E-state index contributed by atoms with van der Waals surface area (Å²) in [5.74, 6) is 1.11. The van der Waals surface area contributed by atoms with Gasteiger partial charge in [0, 0.05) is 18.5 Å². The van der Waals surface area contributed by atoms with Gasteiger partial charge in [0.25, 0.3) is 0 Å². The van der Waals surface area contributed by atoms with Crippen LogP contribution in [0, 0.1) is 6.92 Å². The fraction of sp³-hybridized carbons (Fsp3) is 0.250. The second kappa shape index (κ2) is 6.25. The van der Waals surface area contributed by atoms with Crippen molar-refractivity contribution in [3.8, 4) is 11.6 Å². The number of nitrogens with zero attached hydrogens (tertiary/aromatic N) is 2. The van der Waals surface area contributed by atoms with E-state index >= 15 is 0 Å². The van der Waals surface area contributed by atoms with Gasteiger partial charge in [0.15, 0.2) is 9.84 Å². The van der Waals surface area contributed by atoms with Crippen LogP contribution in [-0.4, -0.2) is 43.8 Å². The van der Waals surface area contributed by atoms with Gasteiger partial charge < -0.3 is 19.8 Å². The molecular weight excluding hydrogens is 344 g/mol. The average molecular weight is 362 g/mol. The molecule has 8 nitrogen and oxygen atoms in total. The molecule has 0 saturated carbocycles. The molecule has 0 bridgehead atoms. The molecule has 132 valence electrons. The Morgan fingerprint density at radius 1 is 1.16 bits per heavy atom. The lowest BCUT2D eigenvalue weighted by molar-refractivity contribution is 0.403. The number of hydrogen-bond acceptors (Lipinski definition) is 7. The third kappa shape index (κ3) is 3.22. The van der Waals surface area contributed by atoms with Gasteiger partial charge in [0.05, 0.1) is 30.2 Å². The number of aryl methyl sites for hydroxylation is 1. The Bertz CT molecular complexity index is 1040. The highest BCUT2D eigenvalue weighted by Crippen LogP contribution is 2.32. The highest BCUT2D eigenvalue weighted by molar-refractivity contribution is 7.90. The normalized spacial score (nSPS) is 11.5. The fourth-order valence-electron chi connectivity index (χ4n) is 2.48. The molecule has 25 heavy (non-hydrogen) atoms. The molecule has 0 unspecified atom stereocenters. The Labute approximate surface area is 145 Å². The summed E-state index contributed by atoms with van der Waals surface area (Å²) in [6.07, 6.45) is 2.97. The van der Waals surface area contributed by atoms with E-state index in [9.17, 15) is 8.42 Å². The van der Waals surface area contributed by atoms with E-state index < -0.39 is 9.84 Å². The number of rotatable bonds is 5. The molecule has 2 aromatic heterocycles. The number of hydrogen-bond donors (Lipinski definition) is 2. The Hall–Kier alpha value is -2.81. The number of benzene rings is 1. The minimum atomic E-state index is -3.33.